The summed E-state index contributed by atoms with van der Waals surface area (Å²) in [4.78, 5) is 18.6. The van der Waals surface area contributed by atoms with Crippen LogP contribution in [-0.4, -0.2) is 27.6 Å². The highest BCUT2D eigenvalue weighted by Crippen LogP contribution is 2.10. The van der Waals surface area contributed by atoms with Crippen LogP contribution in [-0.2, 0) is 0 Å². The summed E-state index contributed by atoms with van der Waals surface area (Å²) in [5.41, 5.74) is -0.0173. The van der Waals surface area contributed by atoms with Crippen LogP contribution in [0.25, 0.3) is 0 Å². The Morgan fingerprint density at radius 2 is 2.06 bits per heavy atom. The molecule has 5 heteroatoms. The van der Waals surface area contributed by atoms with Crippen molar-refractivity contribution in [3.05, 3.63) is 18.1 Å². The highest BCUT2D eigenvalue weighted by Gasteiger charge is 2.11. The maximum absolute atomic E-state index is 10.9. The summed E-state index contributed by atoms with van der Waals surface area (Å²) in [5, 5.41) is 11.9. The van der Waals surface area contributed by atoms with Crippen LogP contribution in [0.5, 0.6) is 0 Å². The van der Waals surface area contributed by atoms with Crippen molar-refractivity contribution in [3.63, 3.8) is 0 Å². The Kier molecular flexibility index (Phi) is 5.39. The van der Waals surface area contributed by atoms with Crippen molar-refractivity contribution in [2.75, 3.05) is 11.9 Å². The first-order chi connectivity index (χ1) is 8.11. The summed E-state index contributed by atoms with van der Waals surface area (Å²) in [6.45, 7) is 5.11. The third-order valence-corrected chi connectivity index (χ3v) is 2.40. The quantitative estimate of drug-likeness (QED) is 0.712. The van der Waals surface area contributed by atoms with E-state index in [2.05, 4.69) is 29.1 Å². The third-order valence-electron chi connectivity index (χ3n) is 2.40. The molecule has 5 nitrogen and oxygen atoms in total. The minimum absolute atomic E-state index is 0.0173. The predicted molar refractivity (Wildman–Crippen MR) is 66.2 cm³/mol. The third kappa shape index (κ3) is 4.80. The van der Waals surface area contributed by atoms with E-state index in [0.29, 0.717) is 11.7 Å². The van der Waals surface area contributed by atoms with Gasteiger partial charge in [0.1, 0.15) is 0 Å². The molecule has 94 valence electrons. The Labute approximate surface area is 101 Å². The van der Waals surface area contributed by atoms with Crippen molar-refractivity contribution < 1.29 is 9.90 Å². The number of unbranched alkanes of at least 4 members (excludes halogenated alkanes) is 1. The first-order valence-electron chi connectivity index (χ1n) is 5.89. The molecule has 1 aromatic rings. The van der Waals surface area contributed by atoms with Gasteiger partial charge in [-0.05, 0) is 12.3 Å². The largest absolute Gasteiger partial charge is 0.476 e. The van der Waals surface area contributed by atoms with E-state index in [4.69, 9.17) is 5.11 Å². The highest BCUT2D eigenvalue weighted by molar-refractivity contribution is 5.90. The molecule has 17 heavy (non-hydrogen) atoms. The number of nitrogens with zero attached hydrogens (tertiary/aromatic N) is 2. The van der Waals surface area contributed by atoms with E-state index < -0.39 is 5.97 Å². The van der Waals surface area contributed by atoms with E-state index in [0.717, 1.165) is 19.4 Å². The average Bonchev–Trinajstić information content (AvgIpc) is 2.28. The fourth-order valence-electron chi connectivity index (χ4n) is 1.51. The molecule has 0 saturated carbocycles. The molecule has 1 rings (SSSR count). The Hall–Kier alpha value is -1.65. The molecule has 1 heterocycles. The van der Waals surface area contributed by atoms with Gasteiger partial charge in [0.25, 0.3) is 0 Å². The lowest BCUT2D eigenvalue weighted by Crippen LogP contribution is -2.11. The van der Waals surface area contributed by atoms with Gasteiger partial charge in [-0.2, -0.15) is 0 Å². The van der Waals surface area contributed by atoms with Gasteiger partial charge in [0, 0.05) is 18.9 Å². The number of hydrogen-bond donors (Lipinski definition) is 2. The second kappa shape index (κ2) is 6.83. The molecule has 0 aliphatic heterocycles. The number of nitrogens with one attached hydrogen (secondary N) is 1. The molecule has 0 amide bonds. The first-order valence-corrected chi connectivity index (χ1v) is 5.89. The number of carboxylic acid groups (broad SMARTS) is 1. The molecule has 0 aliphatic rings. The lowest BCUT2D eigenvalue weighted by Gasteiger charge is -2.08. The molecule has 0 bridgehead atoms. The van der Waals surface area contributed by atoms with Crippen LogP contribution in [0.15, 0.2) is 12.4 Å². The molecule has 0 spiro atoms. The lowest BCUT2D eigenvalue weighted by molar-refractivity contribution is 0.0691. The van der Waals surface area contributed by atoms with Gasteiger partial charge in [0.15, 0.2) is 11.5 Å². The number of rotatable bonds is 7. The van der Waals surface area contributed by atoms with Gasteiger partial charge in [-0.1, -0.05) is 26.7 Å². The Morgan fingerprint density at radius 3 is 2.71 bits per heavy atom. The fourth-order valence-corrected chi connectivity index (χ4v) is 1.51. The Bertz CT molecular complexity index is 367. The Morgan fingerprint density at radius 1 is 1.35 bits per heavy atom. The van der Waals surface area contributed by atoms with Crippen molar-refractivity contribution in [3.8, 4) is 0 Å². The minimum atomic E-state index is -1.05. The monoisotopic (exact) mass is 237 g/mol. The number of anilines is 1. The molecule has 0 aliphatic carbocycles. The van der Waals surface area contributed by atoms with Gasteiger partial charge >= 0.3 is 5.97 Å². The summed E-state index contributed by atoms with van der Waals surface area (Å²) in [5.74, 6) is 0.00780. The summed E-state index contributed by atoms with van der Waals surface area (Å²) in [6, 6.07) is 0. The number of hydrogen-bond acceptors (Lipinski definition) is 4. The molecule has 0 fully saturated rings. The van der Waals surface area contributed by atoms with Gasteiger partial charge in [-0.25, -0.2) is 14.8 Å². The van der Waals surface area contributed by atoms with Crippen molar-refractivity contribution in [1.82, 2.24) is 9.97 Å². The number of carbonyl (C=O) groups is 1. The second-order valence-electron chi connectivity index (χ2n) is 4.38. The average molecular weight is 237 g/mol. The molecule has 1 aromatic heterocycles. The second-order valence-corrected chi connectivity index (χ2v) is 4.38. The highest BCUT2D eigenvalue weighted by atomic mass is 16.4. The number of aromatic carboxylic acids is 1. The zero-order chi connectivity index (χ0) is 12.7. The van der Waals surface area contributed by atoms with Gasteiger partial charge < -0.3 is 10.4 Å². The van der Waals surface area contributed by atoms with Crippen LogP contribution in [0.1, 0.15) is 43.6 Å². The topological polar surface area (TPSA) is 75.1 Å². The molecule has 0 saturated heterocycles. The zero-order valence-electron chi connectivity index (χ0n) is 10.3. The molecule has 0 atom stereocenters. The summed E-state index contributed by atoms with van der Waals surface area (Å²) in [7, 11) is 0. The van der Waals surface area contributed by atoms with E-state index in [-0.39, 0.29) is 5.69 Å². The van der Waals surface area contributed by atoms with Crippen molar-refractivity contribution in [2.24, 2.45) is 5.92 Å². The van der Waals surface area contributed by atoms with Crippen LogP contribution in [0, 0.1) is 5.92 Å². The van der Waals surface area contributed by atoms with Gasteiger partial charge in [-0.3, -0.25) is 0 Å². The molecule has 0 unspecified atom stereocenters. The smallest absolute Gasteiger partial charge is 0.358 e. The van der Waals surface area contributed by atoms with E-state index >= 15 is 0 Å². The molecule has 0 radical (unpaired) electrons. The van der Waals surface area contributed by atoms with E-state index in [9.17, 15) is 4.79 Å². The lowest BCUT2D eigenvalue weighted by atomic mass is 10.1. The summed E-state index contributed by atoms with van der Waals surface area (Å²) >= 11 is 0. The van der Waals surface area contributed by atoms with Crippen molar-refractivity contribution in [2.45, 2.75) is 33.1 Å². The van der Waals surface area contributed by atoms with E-state index in [1.807, 2.05) is 0 Å². The summed E-state index contributed by atoms with van der Waals surface area (Å²) < 4.78 is 0. The van der Waals surface area contributed by atoms with Crippen LogP contribution in [0.3, 0.4) is 0 Å². The Balaban J connectivity index is 2.39. The molecule has 2 N–H and O–H groups in total. The molecular weight excluding hydrogens is 218 g/mol. The normalized spacial score (nSPS) is 10.5. The number of carboxylic acids is 1. The molecular formula is C12H19N3O2. The van der Waals surface area contributed by atoms with Crippen molar-refractivity contribution in [1.29, 1.82) is 0 Å². The SMILES string of the molecule is CC(C)CCCCNc1nccnc1C(=O)O. The van der Waals surface area contributed by atoms with Crippen LogP contribution in [0.4, 0.5) is 5.82 Å². The first kappa shape index (κ1) is 13.4. The van der Waals surface area contributed by atoms with Gasteiger partial charge in [-0.15, -0.1) is 0 Å². The van der Waals surface area contributed by atoms with Crippen LogP contribution in [0.2, 0.25) is 0 Å². The minimum Gasteiger partial charge on any atom is -0.476 e. The maximum Gasteiger partial charge on any atom is 0.358 e. The van der Waals surface area contributed by atoms with Crippen LogP contribution >= 0.6 is 0 Å². The number of aromatic nitrogens is 2. The zero-order valence-corrected chi connectivity index (χ0v) is 10.3. The van der Waals surface area contributed by atoms with Crippen molar-refractivity contribution >= 4 is 11.8 Å². The predicted octanol–water partition coefficient (Wildman–Crippen LogP) is 2.41. The van der Waals surface area contributed by atoms with Crippen LogP contribution < -0.4 is 5.32 Å². The molecule has 0 aromatic carbocycles. The maximum atomic E-state index is 10.9. The van der Waals surface area contributed by atoms with E-state index in [1.54, 1.807) is 0 Å². The fraction of sp³-hybridized carbons (Fsp3) is 0.583. The summed E-state index contributed by atoms with van der Waals surface area (Å²) in [6.07, 6.45) is 6.20. The van der Waals surface area contributed by atoms with Gasteiger partial charge in [0.2, 0.25) is 0 Å². The standard InChI is InChI=1S/C12H19N3O2/c1-9(2)5-3-4-6-14-11-10(12(16)17)13-7-8-15-11/h7-9H,3-6H2,1-2H3,(H,14,15)(H,16,17). The van der Waals surface area contributed by atoms with E-state index in [1.165, 1.54) is 18.8 Å². The van der Waals surface area contributed by atoms with Gasteiger partial charge in [0.05, 0.1) is 0 Å².